The van der Waals surface area contributed by atoms with Crippen LogP contribution in [0.1, 0.15) is 23.0 Å². The van der Waals surface area contributed by atoms with Crippen LogP contribution in [-0.4, -0.2) is 21.7 Å². The maximum absolute atomic E-state index is 13.8. The highest BCUT2D eigenvalue weighted by atomic mass is 32.1. The molecule has 101 valence electrons. The molecule has 3 rings (SSSR count). The number of nitrogens with zero attached hydrogens (tertiary/aromatic N) is 1. The van der Waals surface area contributed by atoms with E-state index in [0.29, 0.717) is 17.0 Å². The van der Waals surface area contributed by atoms with Gasteiger partial charge in [-0.1, -0.05) is 11.3 Å². The number of aromatic hydroxyl groups is 1. The Balaban J connectivity index is 2.16. The van der Waals surface area contributed by atoms with Crippen molar-refractivity contribution < 1.29 is 19.4 Å². The summed E-state index contributed by atoms with van der Waals surface area (Å²) in [4.78, 5) is 16.7. The minimum absolute atomic E-state index is 0.0188. The predicted octanol–water partition coefficient (Wildman–Crippen LogP) is 3.24. The number of hydrogen-bond acceptors (Lipinski definition) is 5. The van der Waals surface area contributed by atoms with Gasteiger partial charge in [-0.2, -0.15) is 0 Å². The molecule has 1 aliphatic heterocycles. The van der Waals surface area contributed by atoms with Gasteiger partial charge in [-0.15, -0.1) is 0 Å². The van der Waals surface area contributed by atoms with Gasteiger partial charge in [-0.25, -0.2) is 4.39 Å². The van der Waals surface area contributed by atoms with Crippen LogP contribution in [0.3, 0.4) is 0 Å². The van der Waals surface area contributed by atoms with E-state index >= 15 is 0 Å². The zero-order chi connectivity index (χ0) is 14.4. The van der Waals surface area contributed by atoms with E-state index in [1.165, 1.54) is 12.1 Å². The topological polar surface area (TPSA) is 69.9 Å². The molecule has 1 aliphatic carbocycles. The van der Waals surface area contributed by atoms with Gasteiger partial charge in [-0.3, -0.25) is 9.79 Å². The molecule has 1 aromatic heterocycles. The highest BCUT2D eigenvalue weighted by molar-refractivity contribution is 7.15. The number of carbonyl (C=O) groups excluding carboxylic acids is 1. The summed E-state index contributed by atoms with van der Waals surface area (Å²) in [6.07, 6.45) is 2.73. The van der Waals surface area contributed by atoms with E-state index in [1.807, 2.05) is 0 Å². The fourth-order valence-corrected chi connectivity index (χ4v) is 2.85. The Labute approximate surface area is 117 Å². The number of allylic oxidation sites excluding steroid dienone is 5. The van der Waals surface area contributed by atoms with Gasteiger partial charge in [0, 0.05) is 23.8 Å². The van der Waals surface area contributed by atoms with Crippen molar-refractivity contribution in [1.82, 2.24) is 0 Å². The molecular weight excluding hydrogens is 281 g/mol. The Morgan fingerprint density at radius 3 is 2.85 bits per heavy atom. The first-order valence-electron chi connectivity index (χ1n) is 5.81. The quantitative estimate of drug-likeness (QED) is 0.821. The lowest BCUT2D eigenvalue weighted by molar-refractivity contribution is 0.103. The van der Waals surface area contributed by atoms with E-state index in [-0.39, 0.29) is 21.9 Å². The molecule has 0 spiro atoms. The van der Waals surface area contributed by atoms with Gasteiger partial charge in [0.25, 0.3) is 0 Å². The largest absolute Gasteiger partial charge is 0.505 e. The third kappa shape index (κ3) is 1.89. The fourth-order valence-electron chi connectivity index (χ4n) is 2.15. The highest BCUT2D eigenvalue weighted by Crippen LogP contribution is 2.36. The van der Waals surface area contributed by atoms with Crippen molar-refractivity contribution >= 4 is 22.8 Å². The van der Waals surface area contributed by atoms with E-state index in [1.54, 1.807) is 6.92 Å². The first kappa shape index (κ1) is 12.8. The predicted molar refractivity (Wildman–Crippen MR) is 72.6 cm³/mol. The molecule has 2 heterocycles. The van der Waals surface area contributed by atoms with E-state index in [9.17, 15) is 19.4 Å². The Hall–Kier alpha value is -2.21. The first-order chi connectivity index (χ1) is 9.47. The molecular formula is C14H9FNO3S. The maximum Gasteiger partial charge on any atom is 0.207 e. The second-order valence-corrected chi connectivity index (χ2v) is 5.48. The molecule has 1 aromatic rings. The third-order valence-electron chi connectivity index (χ3n) is 3.01. The molecule has 0 unspecified atom stereocenters. The standard InChI is InChI=1S/C14H9FNO3S/c1-6-4-7-9(16-6)5-8(15)13(18)12(7)14(19)10-2-3-11(17)20-10/h2-3,17-18H,5H2,1H3. The van der Waals surface area contributed by atoms with Gasteiger partial charge in [0.05, 0.1) is 16.2 Å². The molecule has 0 amide bonds. The van der Waals surface area contributed by atoms with Crippen LogP contribution in [0, 0.1) is 6.08 Å². The molecule has 4 nitrogen and oxygen atoms in total. The van der Waals surface area contributed by atoms with E-state index < -0.39 is 17.4 Å². The molecule has 0 bridgehead atoms. The van der Waals surface area contributed by atoms with Crippen LogP contribution in [0.5, 0.6) is 5.06 Å². The number of aliphatic imine (C=N–C) groups is 1. The Bertz CT molecular complexity index is 752. The number of Topliss-reactive ketones (excluding diaryl/α,β-unsaturated/α-hetero) is 1. The molecule has 0 saturated carbocycles. The normalized spacial score (nSPS) is 18.1. The van der Waals surface area contributed by atoms with Crippen LogP contribution in [0.2, 0.25) is 0 Å². The van der Waals surface area contributed by atoms with Gasteiger partial charge in [0.2, 0.25) is 5.78 Å². The van der Waals surface area contributed by atoms with E-state index in [4.69, 9.17) is 0 Å². The number of thiophene rings is 1. The van der Waals surface area contributed by atoms with Crippen molar-refractivity contribution in [3.8, 4) is 5.06 Å². The zero-order valence-corrected chi connectivity index (χ0v) is 11.2. The monoisotopic (exact) mass is 290 g/mol. The highest BCUT2D eigenvalue weighted by Gasteiger charge is 2.33. The van der Waals surface area contributed by atoms with Crippen molar-refractivity contribution in [2.45, 2.75) is 13.3 Å². The number of aliphatic hydroxyl groups excluding tert-OH is 1. The minimum atomic E-state index is -0.784. The van der Waals surface area contributed by atoms with Crippen molar-refractivity contribution in [3.05, 3.63) is 51.5 Å². The zero-order valence-electron chi connectivity index (χ0n) is 10.4. The molecule has 6 heteroatoms. The third-order valence-corrected chi connectivity index (χ3v) is 3.89. The summed E-state index contributed by atoms with van der Waals surface area (Å²) in [5.74, 6) is -2.00. The first-order valence-corrected chi connectivity index (χ1v) is 6.63. The summed E-state index contributed by atoms with van der Waals surface area (Å²) in [6.45, 7) is 1.69. The average Bonchev–Trinajstić information content (AvgIpc) is 2.95. The Morgan fingerprint density at radius 1 is 1.45 bits per heavy atom. The van der Waals surface area contributed by atoms with Crippen LogP contribution in [0.15, 0.2) is 45.6 Å². The molecule has 2 N–H and O–H groups in total. The van der Waals surface area contributed by atoms with Gasteiger partial charge < -0.3 is 10.2 Å². The van der Waals surface area contributed by atoms with Crippen molar-refractivity contribution in [1.29, 1.82) is 0 Å². The molecule has 0 fully saturated rings. The second-order valence-electron chi connectivity index (χ2n) is 4.42. The number of halogens is 1. The summed E-state index contributed by atoms with van der Waals surface area (Å²) in [6, 6.07) is 2.80. The number of ketones is 1. The Morgan fingerprint density at radius 2 is 2.20 bits per heavy atom. The fraction of sp³-hybridized carbons (Fsp3) is 0.143. The van der Waals surface area contributed by atoms with Crippen molar-refractivity contribution in [2.24, 2.45) is 4.99 Å². The number of hydrogen-bond donors (Lipinski definition) is 2. The van der Waals surface area contributed by atoms with Gasteiger partial charge in [-0.05, 0) is 19.1 Å². The summed E-state index contributed by atoms with van der Waals surface area (Å²) in [5, 5.41) is 19.2. The molecule has 0 atom stereocenters. The number of carbonyl (C=O) groups is 1. The summed E-state index contributed by atoms with van der Waals surface area (Å²) >= 11 is 0.869. The second kappa shape index (κ2) is 4.42. The molecule has 1 radical (unpaired) electrons. The van der Waals surface area contributed by atoms with Crippen molar-refractivity contribution in [3.63, 3.8) is 0 Å². The van der Waals surface area contributed by atoms with Crippen LogP contribution in [0.25, 0.3) is 0 Å². The van der Waals surface area contributed by atoms with Crippen molar-refractivity contribution in [2.75, 3.05) is 0 Å². The SMILES string of the molecule is CC1=[C]C2=C(C(=O)c3ccc(O)s3)C(O)=C(F)CC2=N1. The summed E-state index contributed by atoms with van der Waals surface area (Å²) in [7, 11) is 0. The molecule has 0 aromatic carbocycles. The average molecular weight is 290 g/mol. The molecule has 20 heavy (non-hydrogen) atoms. The molecule has 0 saturated heterocycles. The number of rotatable bonds is 2. The lowest BCUT2D eigenvalue weighted by Crippen LogP contribution is -2.17. The number of fused-ring (bicyclic) bond motifs is 1. The minimum Gasteiger partial charge on any atom is -0.505 e. The summed E-state index contributed by atoms with van der Waals surface area (Å²) in [5.41, 5.74) is 1.12. The van der Waals surface area contributed by atoms with Crippen LogP contribution >= 0.6 is 11.3 Å². The van der Waals surface area contributed by atoms with E-state index in [0.717, 1.165) is 11.3 Å². The lowest BCUT2D eigenvalue weighted by atomic mass is 9.91. The lowest BCUT2D eigenvalue weighted by Gasteiger charge is -2.15. The maximum atomic E-state index is 13.8. The van der Waals surface area contributed by atoms with Crippen LogP contribution < -0.4 is 0 Å². The van der Waals surface area contributed by atoms with Gasteiger partial charge in [0.15, 0.2) is 10.8 Å². The number of aliphatic hydroxyl groups is 1. The van der Waals surface area contributed by atoms with E-state index in [2.05, 4.69) is 11.1 Å². The molecule has 2 aliphatic rings. The van der Waals surface area contributed by atoms with Crippen LogP contribution in [-0.2, 0) is 0 Å². The van der Waals surface area contributed by atoms with Gasteiger partial charge in [0.1, 0.15) is 5.83 Å². The smallest absolute Gasteiger partial charge is 0.207 e. The van der Waals surface area contributed by atoms with Gasteiger partial charge >= 0.3 is 0 Å². The van der Waals surface area contributed by atoms with Crippen LogP contribution in [0.4, 0.5) is 4.39 Å². The summed E-state index contributed by atoms with van der Waals surface area (Å²) < 4.78 is 13.8. The Kier molecular flexibility index (Phi) is 2.83.